The summed E-state index contributed by atoms with van der Waals surface area (Å²) >= 11 is 0. The van der Waals surface area contributed by atoms with Crippen molar-refractivity contribution in [2.24, 2.45) is 0 Å². The number of carbonyl (C=O) groups excluding carboxylic acids is 1. The van der Waals surface area contributed by atoms with Crippen LogP contribution in [-0.4, -0.2) is 29.3 Å². The van der Waals surface area contributed by atoms with E-state index in [1.807, 2.05) is 60.7 Å². The maximum atomic E-state index is 12.1. The molecule has 0 spiro atoms. The van der Waals surface area contributed by atoms with Crippen LogP contribution >= 0.6 is 0 Å². The molecule has 1 aromatic heterocycles. The first-order valence-corrected chi connectivity index (χ1v) is 8.40. The molecular weight excluding hydrogens is 314 g/mol. The fraction of sp³-hybridized carbons (Fsp3) is 0.200. The Kier molecular flexibility index (Phi) is 5.82. The number of nitrogens with zero attached hydrogens (tertiary/aromatic N) is 1. The first-order chi connectivity index (χ1) is 12.3. The zero-order valence-corrected chi connectivity index (χ0v) is 13.9. The molecule has 0 unspecified atom stereocenters. The number of H-pyrrole nitrogens is 1. The second-order valence-electron chi connectivity index (χ2n) is 5.66. The highest BCUT2D eigenvalue weighted by Gasteiger charge is 2.10. The highest BCUT2D eigenvalue weighted by atomic mass is 16.5. The number of benzene rings is 2. The zero-order chi connectivity index (χ0) is 17.3. The molecule has 2 N–H and O–H groups in total. The molecule has 25 heavy (non-hydrogen) atoms. The Labute approximate surface area is 147 Å². The van der Waals surface area contributed by atoms with E-state index in [4.69, 9.17) is 4.74 Å². The topological polar surface area (TPSA) is 67.0 Å². The lowest BCUT2D eigenvalue weighted by molar-refractivity contribution is 0.0947. The van der Waals surface area contributed by atoms with Gasteiger partial charge in [0, 0.05) is 12.1 Å². The normalized spacial score (nSPS) is 10.4. The summed E-state index contributed by atoms with van der Waals surface area (Å²) in [5.41, 5.74) is 2.22. The molecular formula is C20H21N3O2. The van der Waals surface area contributed by atoms with Crippen molar-refractivity contribution in [2.75, 3.05) is 13.2 Å². The number of rotatable bonds is 8. The number of para-hydroxylation sites is 1. The molecule has 0 aliphatic rings. The summed E-state index contributed by atoms with van der Waals surface area (Å²) in [4.78, 5) is 12.1. The molecule has 1 heterocycles. The first kappa shape index (κ1) is 16.8. The Morgan fingerprint density at radius 1 is 1.00 bits per heavy atom. The highest BCUT2D eigenvalue weighted by Crippen LogP contribution is 2.16. The molecule has 3 aromatic rings. The molecule has 5 nitrogen and oxygen atoms in total. The van der Waals surface area contributed by atoms with Crippen LogP contribution in [0.15, 0.2) is 66.7 Å². The number of carbonyl (C=O) groups is 1. The number of hydrogen-bond acceptors (Lipinski definition) is 3. The largest absolute Gasteiger partial charge is 0.494 e. The van der Waals surface area contributed by atoms with E-state index < -0.39 is 0 Å². The molecule has 1 amide bonds. The van der Waals surface area contributed by atoms with Gasteiger partial charge >= 0.3 is 0 Å². The molecule has 0 saturated heterocycles. The Morgan fingerprint density at radius 3 is 2.48 bits per heavy atom. The lowest BCUT2D eigenvalue weighted by atomic mass is 10.1. The molecule has 5 heteroatoms. The summed E-state index contributed by atoms with van der Waals surface area (Å²) in [7, 11) is 0. The average Bonchev–Trinajstić information content (AvgIpc) is 3.16. The number of aromatic nitrogens is 2. The summed E-state index contributed by atoms with van der Waals surface area (Å²) in [5, 5.41) is 9.88. The Bertz CT molecular complexity index is 785. The fourth-order valence-electron chi connectivity index (χ4n) is 2.43. The third kappa shape index (κ3) is 4.94. The summed E-state index contributed by atoms with van der Waals surface area (Å²) < 4.78 is 5.62. The number of unbranched alkanes of at least 4 members (excludes halogenated alkanes) is 1. The maximum Gasteiger partial charge on any atom is 0.269 e. The van der Waals surface area contributed by atoms with E-state index in [0.717, 1.165) is 29.8 Å². The second kappa shape index (κ2) is 8.68. The number of nitrogens with one attached hydrogen (secondary N) is 2. The van der Waals surface area contributed by atoms with Crippen molar-refractivity contribution in [1.82, 2.24) is 15.5 Å². The van der Waals surface area contributed by atoms with Gasteiger partial charge in [0.2, 0.25) is 0 Å². The van der Waals surface area contributed by atoms with Gasteiger partial charge in [0.05, 0.1) is 12.3 Å². The molecule has 128 valence electrons. The Morgan fingerprint density at radius 2 is 1.72 bits per heavy atom. The van der Waals surface area contributed by atoms with E-state index in [2.05, 4.69) is 15.5 Å². The molecule has 0 atom stereocenters. The van der Waals surface area contributed by atoms with Crippen molar-refractivity contribution in [1.29, 1.82) is 0 Å². The average molecular weight is 335 g/mol. The number of hydrogen-bond donors (Lipinski definition) is 2. The van der Waals surface area contributed by atoms with Crippen LogP contribution in [0.4, 0.5) is 0 Å². The monoisotopic (exact) mass is 335 g/mol. The predicted octanol–water partition coefficient (Wildman–Crippen LogP) is 3.67. The van der Waals surface area contributed by atoms with Crippen LogP contribution in [0.5, 0.6) is 5.75 Å². The van der Waals surface area contributed by atoms with Crippen LogP contribution in [0.3, 0.4) is 0 Å². The smallest absolute Gasteiger partial charge is 0.269 e. The van der Waals surface area contributed by atoms with Crippen molar-refractivity contribution in [3.05, 3.63) is 72.4 Å². The van der Waals surface area contributed by atoms with Gasteiger partial charge in [-0.2, -0.15) is 5.10 Å². The third-order valence-corrected chi connectivity index (χ3v) is 3.76. The van der Waals surface area contributed by atoms with Crippen LogP contribution in [0.2, 0.25) is 0 Å². The van der Waals surface area contributed by atoms with Crippen molar-refractivity contribution in [3.8, 4) is 17.0 Å². The first-order valence-electron chi connectivity index (χ1n) is 8.40. The summed E-state index contributed by atoms with van der Waals surface area (Å²) in [5.74, 6) is 0.732. The van der Waals surface area contributed by atoms with Crippen molar-refractivity contribution in [3.63, 3.8) is 0 Å². The number of aromatic amines is 1. The minimum atomic E-state index is -0.140. The molecule has 3 rings (SSSR count). The standard InChI is InChI=1S/C20H21N3O2/c24-20(19-15-18(22-23-19)16-9-3-1-4-10-16)21-13-7-8-14-25-17-11-5-2-6-12-17/h1-6,9-12,15H,7-8,13-14H2,(H,21,24)(H,22,23). The molecule has 0 saturated carbocycles. The third-order valence-electron chi connectivity index (χ3n) is 3.76. The zero-order valence-electron chi connectivity index (χ0n) is 13.9. The quantitative estimate of drug-likeness (QED) is 0.617. The Hall–Kier alpha value is -3.08. The van der Waals surface area contributed by atoms with Crippen molar-refractivity contribution < 1.29 is 9.53 Å². The van der Waals surface area contributed by atoms with Crippen molar-refractivity contribution in [2.45, 2.75) is 12.8 Å². The Balaban J connectivity index is 1.37. The van der Waals surface area contributed by atoms with E-state index in [1.165, 1.54) is 0 Å². The van der Waals surface area contributed by atoms with Gasteiger partial charge < -0.3 is 10.1 Å². The number of amides is 1. The summed E-state index contributed by atoms with van der Waals surface area (Å²) in [6.45, 7) is 1.25. The van der Waals surface area contributed by atoms with Crippen LogP contribution in [-0.2, 0) is 0 Å². The lowest BCUT2D eigenvalue weighted by Crippen LogP contribution is -2.25. The van der Waals surface area contributed by atoms with Gasteiger partial charge in [0.25, 0.3) is 5.91 Å². The predicted molar refractivity (Wildman–Crippen MR) is 97.5 cm³/mol. The van der Waals surface area contributed by atoms with E-state index in [9.17, 15) is 4.79 Å². The van der Waals surface area contributed by atoms with E-state index in [-0.39, 0.29) is 5.91 Å². The van der Waals surface area contributed by atoms with Gasteiger partial charge in [-0.25, -0.2) is 0 Å². The fourth-order valence-corrected chi connectivity index (χ4v) is 2.43. The van der Waals surface area contributed by atoms with Crippen LogP contribution in [0.25, 0.3) is 11.3 Å². The molecule has 2 aromatic carbocycles. The lowest BCUT2D eigenvalue weighted by Gasteiger charge is -2.06. The molecule has 0 aliphatic heterocycles. The van der Waals surface area contributed by atoms with Gasteiger partial charge in [-0.1, -0.05) is 48.5 Å². The minimum absolute atomic E-state index is 0.140. The van der Waals surface area contributed by atoms with Gasteiger partial charge in [-0.3, -0.25) is 9.89 Å². The molecule has 0 fully saturated rings. The molecule has 0 bridgehead atoms. The summed E-state index contributed by atoms with van der Waals surface area (Å²) in [6.07, 6.45) is 1.74. The highest BCUT2D eigenvalue weighted by molar-refractivity contribution is 5.93. The van der Waals surface area contributed by atoms with Gasteiger partial charge in [0.15, 0.2) is 0 Å². The molecule has 0 radical (unpaired) electrons. The number of ether oxygens (including phenoxy) is 1. The maximum absolute atomic E-state index is 12.1. The van der Waals surface area contributed by atoms with E-state index in [0.29, 0.717) is 18.8 Å². The SMILES string of the molecule is O=C(NCCCCOc1ccccc1)c1cc(-c2ccccc2)n[nH]1. The van der Waals surface area contributed by atoms with Crippen molar-refractivity contribution >= 4 is 5.91 Å². The second-order valence-corrected chi connectivity index (χ2v) is 5.66. The van der Waals surface area contributed by atoms with Gasteiger partial charge in [-0.05, 0) is 31.0 Å². The van der Waals surface area contributed by atoms with Gasteiger partial charge in [0.1, 0.15) is 11.4 Å². The van der Waals surface area contributed by atoms with Gasteiger partial charge in [-0.15, -0.1) is 0 Å². The van der Waals surface area contributed by atoms with Crippen LogP contribution in [0.1, 0.15) is 23.3 Å². The van der Waals surface area contributed by atoms with Crippen LogP contribution in [0, 0.1) is 0 Å². The molecule has 0 aliphatic carbocycles. The van der Waals surface area contributed by atoms with E-state index >= 15 is 0 Å². The van der Waals surface area contributed by atoms with E-state index in [1.54, 1.807) is 6.07 Å². The van der Waals surface area contributed by atoms with Crippen LogP contribution < -0.4 is 10.1 Å². The summed E-state index contributed by atoms with van der Waals surface area (Å²) in [6, 6.07) is 21.3. The minimum Gasteiger partial charge on any atom is -0.494 e.